The number of carbonyl (C=O) groups is 1. The van der Waals surface area contributed by atoms with Crippen LogP contribution in [-0.4, -0.2) is 58.0 Å². The van der Waals surface area contributed by atoms with Crippen molar-refractivity contribution in [3.8, 4) is 0 Å². The number of nitrogens with zero attached hydrogens (tertiary/aromatic N) is 4. The lowest BCUT2D eigenvalue weighted by molar-refractivity contribution is -0.133. The lowest BCUT2D eigenvalue weighted by Gasteiger charge is -2.34. The standard InChI is InChI=1S/C15H26N4O/c1-3-5-15(20)19-12-9-17(10-13-19)8-11-18-7-6-16-14(18)4-2/h6-7H,3-5,8-13H2,1-2H3. The van der Waals surface area contributed by atoms with Crippen LogP contribution in [0, 0.1) is 0 Å². The first-order valence-corrected chi connectivity index (χ1v) is 7.74. The molecule has 1 saturated heterocycles. The molecule has 0 N–H and O–H groups in total. The normalized spacial score (nSPS) is 16.6. The summed E-state index contributed by atoms with van der Waals surface area (Å²) in [5.41, 5.74) is 0. The van der Waals surface area contributed by atoms with Gasteiger partial charge in [0.05, 0.1) is 0 Å². The molecule has 0 saturated carbocycles. The molecule has 112 valence electrons. The minimum Gasteiger partial charge on any atom is -0.340 e. The Hall–Kier alpha value is -1.36. The SMILES string of the molecule is CCCC(=O)N1CCN(CCn2ccnc2CC)CC1. The molecule has 2 rings (SSSR count). The molecule has 0 bridgehead atoms. The van der Waals surface area contributed by atoms with Crippen LogP contribution in [0.15, 0.2) is 12.4 Å². The summed E-state index contributed by atoms with van der Waals surface area (Å²) in [6.07, 6.45) is 6.54. The van der Waals surface area contributed by atoms with Gasteiger partial charge in [-0.25, -0.2) is 4.98 Å². The van der Waals surface area contributed by atoms with E-state index in [1.54, 1.807) is 0 Å². The number of imidazole rings is 1. The Bertz CT molecular complexity index is 421. The molecular formula is C15H26N4O. The third-order valence-electron chi connectivity index (χ3n) is 3.96. The number of piperazine rings is 1. The van der Waals surface area contributed by atoms with E-state index in [0.717, 1.165) is 57.9 Å². The summed E-state index contributed by atoms with van der Waals surface area (Å²) in [6, 6.07) is 0. The zero-order chi connectivity index (χ0) is 14.4. The monoisotopic (exact) mass is 278 g/mol. The van der Waals surface area contributed by atoms with E-state index in [1.165, 1.54) is 0 Å². The Kier molecular flexibility index (Phi) is 5.59. The number of hydrogen-bond acceptors (Lipinski definition) is 3. The Balaban J connectivity index is 1.73. The molecule has 0 unspecified atom stereocenters. The van der Waals surface area contributed by atoms with Gasteiger partial charge in [0.15, 0.2) is 0 Å². The van der Waals surface area contributed by atoms with Crippen molar-refractivity contribution in [2.24, 2.45) is 0 Å². The highest BCUT2D eigenvalue weighted by Crippen LogP contribution is 2.06. The second kappa shape index (κ2) is 7.43. The van der Waals surface area contributed by atoms with E-state index in [2.05, 4.69) is 34.5 Å². The van der Waals surface area contributed by atoms with Crippen molar-refractivity contribution in [3.63, 3.8) is 0 Å². The highest BCUT2D eigenvalue weighted by Gasteiger charge is 2.20. The Morgan fingerprint density at radius 3 is 2.60 bits per heavy atom. The topological polar surface area (TPSA) is 41.4 Å². The average molecular weight is 278 g/mol. The molecular weight excluding hydrogens is 252 g/mol. The fourth-order valence-corrected chi connectivity index (χ4v) is 2.70. The number of aromatic nitrogens is 2. The van der Waals surface area contributed by atoms with Crippen LogP contribution in [0.4, 0.5) is 0 Å². The molecule has 1 aliphatic heterocycles. The van der Waals surface area contributed by atoms with Crippen LogP contribution < -0.4 is 0 Å². The largest absolute Gasteiger partial charge is 0.340 e. The maximum absolute atomic E-state index is 11.8. The van der Waals surface area contributed by atoms with Crippen molar-refractivity contribution in [1.82, 2.24) is 19.4 Å². The second-order valence-corrected chi connectivity index (χ2v) is 5.36. The molecule has 0 aliphatic carbocycles. The van der Waals surface area contributed by atoms with E-state index in [4.69, 9.17) is 0 Å². The summed E-state index contributed by atoms with van der Waals surface area (Å²) in [5.74, 6) is 1.47. The summed E-state index contributed by atoms with van der Waals surface area (Å²) < 4.78 is 2.23. The number of carbonyl (C=O) groups excluding carboxylic acids is 1. The maximum Gasteiger partial charge on any atom is 0.222 e. The highest BCUT2D eigenvalue weighted by atomic mass is 16.2. The van der Waals surface area contributed by atoms with Gasteiger partial charge in [-0.1, -0.05) is 13.8 Å². The van der Waals surface area contributed by atoms with Crippen LogP contribution in [0.1, 0.15) is 32.5 Å². The summed E-state index contributed by atoms with van der Waals surface area (Å²) >= 11 is 0. The van der Waals surface area contributed by atoms with Crippen molar-refractivity contribution in [3.05, 3.63) is 18.2 Å². The van der Waals surface area contributed by atoms with Gasteiger partial charge in [-0.05, 0) is 6.42 Å². The van der Waals surface area contributed by atoms with E-state index < -0.39 is 0 Å². The molecule has 5 heteroatoms. The maximum atomic E-state index is 11.8. The van der Waals surface area contributed by atoms with Crippen molar-refractivity contribution in [1.29, 1.82) is 0 Å². The molecule has 1 amide bonds. The molecule has 5 nitrogen and oxygen atoms in total. The second-order valence-electron chi connectivity index (χ2n) is 5.36. The van der Waals surface area contributed by atoms with Crippen LogP contribution >= 0.6 is 0 Å². The van der Waals surface area contributed by atoms with Gasteiger partial charge in [-0.3, -0.25) is 9.69 Å². The lowest BCUT2D eigenvalue weighted by Crippen LogP contribution is -2.49. The van der Waals surface area contributed by atoms with Crippen LogP contribution in [-0.2, 0) is 17.8 Å². The number of rotatable bonds is 6. The smallest absolute Gasteiger partial charge is 0.222 e. The predicted octanol–water partition coefficient (Wildman–Crippen LogP) is 1.39. The van der Waals surface area contributed by atoms with Gasteiger partial charge < -0.3 is 9.47 Å². The molecule has 2 heterocycles. The number of hydrogen-bond donors (Lipinski definition) is 0. The zero-order valence-corrected chi connectivity index (χ0v) is 12.7. The van der Waals surface area contributed by atoms with Gasteiger partial charge in [-0.2, -0.15) is 0 Å². The summed E-state index contributed by atoms with van der Waals surface area (Å²) in [7, 11) is 0. The number of aryl methyl sites for hydroxylation is 1. The molecule has 0 atom stereocenters. The molecule has 0 aromatic carbocycles. The van der Waals surface area contributed by atoms with Gasteiger partial charge in [-0.15, -0.1) is 0 Å². The van der Waals surface area contributed by atoms with Crippen LogP contribution in [0.25, 0.3) is 0 Å². The molecule has 1 aromatic heterocycles. The lowest BCUT2D eigenvalue weighted by atomic mass is 10.2. The van der Waals surface area contributed by atoms with Crippen molar-refractivity contribution < 1.29 is 4.79 Å². The van der Waals surface area contributed by atoms with Crippen molar-refractivity contribution in [2.75, 3.05) is 32.7 Å². The van der Waals surface area contributed by atoms with E-state index in [0.29, 0.717) is 12.3 Å². The Labute approximate surface area is 121 Å². The third-order valence-corrected chi connectivity index (χ3v) is 3.96. The first-order chi connectivity index (χ1) is 9.74. The third kappa shape index (κ3) is 3.82. The van der Waals surface area contributed by atoms with Crippen LogP contribution in [0.2, 0.25) is 0 Å². The first kappa shape index (κ1) is 15.0. The Morgan fingerprint density at radius 2 is 1.95 bits per heavy atom. The predicted molar refractivity (Wildman–Crippen MR) is 79.5 cm³/mol. The van der Waals surface area contributed by atoms with E-state index in [9.17, 15) is 4.79 Å². The first-order valence-electron chi connectivity index (χ1n) is 7.74. The van der Waals surface area contributed by atoms with Gasteiger partial charge in [0.2, 0.25) is 5.91 Å². The van der Waals surface area contributed by atoms with Gasteiger partial charge in [0, 0.05) is 64.5 Å². The number of amides is 1. The molecule has 20 heavy (non-hydrogen) atoms. The quantitative estimate of drug-likeness (QED) is 0.789. The molecule has 0 radical (unpaired) electrons. The van der Waals surface area contributed by atoms with Gasteiger partial charge >= 0.3 is 0 Å². The summed E-state index contributed by atoms with van der Waals surface area (Å²) in [6.45, 7) is 9.97. The zero-order valence-electron chi connectivity index (χ0n) is 12.7. The van der Waals surface area contributed by atoms with Crippen LogP contribution in [0.5, 0.6) is 0 Å². The van der Waals surface area contributed by atoms with Crippen molar-refractivity contribution in [2.45, 2.75) is 39.7 Å². The van der Waals surface area contributed by atoms with Gasteiger partial charge in [0.25, 0.3) is 0 Å². The Morgan fingerprint density at radius 1 is 1.20 bits per heavy atom. The summed E-state index contributed by atoms with van der Waals surface area (Å²) in [5, 5.41) is 0. The fraction of sp³-hybridized carbons (Fsp3) is 0.733. The average Bonchev–Trinajstić information content (AvgIpc) is 2.93. The summed E-state index contributed by atoms with van der Waals surface area (Å²) in [4.78, 5) is 20.6. The van der Waals surface area contributed by atoms with E-state index >= 15 is 0 Å². The molecule has 1 aliphatic rings. The van der Waals surface area contributed by atoms with E-state index in [-0.39, 0.29) is 0 Å². The molecule has 1 fully saturated rings. The minimum absolute atomic E-state index is 0.315. The minimum atomic E-state index is 0.315. The molecule has 0 spiro atoms. The van der Waals surface area contributed by atoms with Crippen molar-refractivity contribution >= 4 is 5.91 Å². The molecule has 1 aromatic rings. The van der Waals surface area contributed by atoms with E-state index in [1.807, 2.05) is 11.1 Å². The fourth-order valence-electron chi connectivity index (χ4n) is 2.70. The van der Waals surface area contributed by atoms with Gasteiger partial charge in [0.1, 0.15) is 5.82 Å². The highest BCUT2D eigenvalue weighted by molar-refractivity contribution is 5.76. The van der Waals surface area contributed by atoms with Crippen LogP contribution in [0.3, 0.4) is 0 Å².